The Bertz CT molecular complexity index is 424. The maximum atomic E-state index is 6.10. The minimum Gasteiger partial charge on any atom is -0.371 e. The summed E-state index contributed by atoms with van der Waals surface area (Å²) in [7, 11) is 0. The molecule has 0 aliphatic rings. The lowest BCUT2D eigenvalue weighted by Gasteiger charge is -2.34. The zero-order valence-corrected chi connectivity index (χ0v) is 14.4. The van der Waals surface area contributed by atoms with Crippen LogP contribution in [0.25, 0.3) is 0 Å². The van der Waals surface area contributed by atoms with Crippen molar-refractivity contribution in [2.24, 2.45) is 0 Å². The number of hydrogen-bond acceptors (Lipinski definition) is 3. The van der Waals surface area contributed by atoms with Crippen LogP contribution in [0.15, 0.2) is 18.2 Å². The van der Waals surface area contributed by atoms with E-state index in [1.54, 1.807) is 0 Å². The average Bonchev–Trinajstić information content (AvgIpc) is 2.39. The smallest absolute Gasteiger partial charge is 0.160 e. The third-order valence-corrected chi connectivity index (χ3v) is 3.68. The second-order valence-electron chi connectivity index (χ2n) is 5.53. The van der Waals surface area contributed by atoms with Gasteiger partial charge in [0.25, 0.3) is 0 Å². The van der Waals surface area contributed by atoms with Gasteiger partial charge in [-0.2, -0.15) is 0 Å². The van der Waals surface area contributed by atoms with Gasteiger partial charge in [0.1, 0.15) is 0 Å². The molecule has 0 N–H and O–H groups in total. The Balaban J connectivity index is 3.05. The summed E-state index contributed by atoms with van der Waals surface area (Å²) in [6.45, 7) is 14.3. The van der Waals surface area contributed by atoms with Crippen molar-refractivity contribution in [1.29, 1.82) is 0 Å². The molecule has 0 aliphatic heterocycles. The molecule has 1 rings (SSSR count). The molecule has 0 spiro atoms. The Morgan fingerprint density at radius 1 is 1.00 bits per heavy atom. The molecule has 21 heavy (non-hydrogen) atoms. The van der Waals surface area contributed by atoms with Gasteiger partial charge in [0.2, 0.25) is 0 Å². The fourth-order valence-electron chi connectivity index (χ4n) is 2.83. The quantitative estimate of drug-likeness (QED) is 0.634. The summed E-state index contributed by atoms with van der Waals surface area (Å²) < 4.78 is 17.5. The van der Waals surface area contributed by atoms with Crippen molar-refractivity contribution in [1.82, 2.24) is 0 Å². The first-order valence-electron chi connectivity index (χ1n) is 7.91. The van der Waals surface area contributed by atoms with Crippen LogP contribution in [0.5, 0.6) is 0 Å². The van der Waals surface area contributed by atoms with E-state index in [0.717, 1.165) is 0 Å². The minimum atomic E-state index is -0.401. The Kier molecular flexibility index (Phi) is 7.36. The van der Waals surface area contributed by atoms with Crippen molar-refractivity contribution in [3.8, 4) is 0 Å². The lowest BCUT2D eigenvalue weighted by molar-refractivity contribution is -0.178. The molecule has 1 unspecified atom stereocenters. The standard InChI is InChI=1S/C18H30O3/c1-7-19-17(20-8-2)13-18(6,21-9-3)16-11-10-14(4)12-15(16)5/h10-12,17H,7-9,13H2,1-6H3. The van der Waals surface area contributed by atoms with Crippen LogP contribution in [-0.2, 0) is 19.8 Å². The summed E-state index contributed by atoms with van der Waals surface area (Å²) >= 11 is 0. The highest BCUT2D eigenvalue weighted by Gasteiger charge is 2.32. The summed E-state index contributed by atoms with van der Waals surface area (Å²) in [6, 6.07) is 6.49. The number of aryl methyl sites for hydroxylation is 2. The molecule has 3 heteroatoms. The molecule has 0 radical (unpaired) electrons. The monoisotopic (exact) mass is 294 g/mol. The van der Waals surface area contributed by atoms with Crippen molar-refractivity contribution in [2.75, 3.05) is 19.8 Å². The molecule has 0 aromatic heterocycles. The Labute approximate surface area is 129 Å². The number of benzene rings is 1. The molecule has 0 fully saturated rings. The van der Waals surface area contributed by atoms with Gasteiger partial charge >= 0.3 is 0 Å². The predicted octanol–water partition coefficient (Wildman–Crippen LogP) is 4.34. The molecular weight excluding hydrogens is 264 g/mol. The van der Waals surface area contributed by atoms with Crippen LogP contribution >= 0.6 is 0 Å². The largest absolute Gasteiger partial charge is 0.371 e. The zero-order chi connectivity index (χ0) is 15.9. The van der Waals surface area contributed by atoms with Crippen LogP contribution < -0.4 is 0 Å². The molecule has 120 valence electrons. The van der Waals surface area contributed by atoms with Gasteiger partial charge < -0.3 is 14.2 Å². The normalized spacial score (nSPS) is 14.4. The highest BCUT2D eigenvalue weighted by atomic mass is 16.7. The number of hydrogen-bond donors (Lipinski definition) is 0. The van der Waals surface area contributed by atoms with Crippen molar-refractivity contribution in [3.63, 3.8) is 0 Å². The van der Waals surface area contributed by atoms with Crippen molar-refractivity contribution >= 4 is 0 Å². The predicted molar refractivity (Wildman–Crippen MR) is 86.6 cm³/mol. The van der Waals surface area contributed by atoms with Gasteiger partial charge in [0.05, 0.1) is 5.60 Å². The molecule has 3 nitrogen and oxygen atoms in total. The van der Waals surface area contributed by atoms with Crippen LogP contribution in [0.1, 0.15) is 50.8 Å². The first kappa shape index (κ1) is 18.1. The van der Waals surface area contributed by atoms with E-state index in [4.69, 9.17) is 14.2 Å². The third kappa shape index (κ3) is 5.10. The van der Waals surface area contributed by atoms with Crippen molar-refractivity contribution in [3.05, 3.63) is 34.9 Å². The molecule has 0 bridgehead atoms. The second kappa shape index (κ2) is 8.52. The Hall–Kier alpha value is -0.900. The lowest BCUT2D eigenvalue weighted by Crippen LogP contribution is -2.34. The second-order valence-corrected chi connectivity index (χ2v) is 5.53. The average molecular weight is 294 g/mol. The molecule has 0 saturated heterocycles. The Morgan fingerprint density at radius 3 is 2.10 bits per heavy atom. The van der Waals surface area contributed by atoms with Gasteiger partial charge in [-0.3, -0.25) is 0 Å². The SMILES string of the molecule is CCOC(CC(C)(OCC)c1ccc(C)cc1C)OCC. The molecular formula is C18H30O3. The van der Waals surface area contributed by atoms with E-state index in [1.807, 2.05) is 20.8 Å². The van der Waals surface area contributed by atoms with Crippen LogP contribution in [0, 0.1) is 13.8 Å². The summed E-state index contributed by atoms with van der Waals surface area (Å²) in [5.74, 6) is 0. The van der Waals surface area contributed by atoms with Gasteiger partial charge in [-0.05, 0) is 52.7 Å². The Morgan fingerprint density at radius 2 is 1.62 bits per heavy atom. The maximum Gasteiger partial charge on any atom is 0.160 e. The topological polar surface area (TPSA) is 27.7 Å². The van der Waals surface area contributed by atoms with E-state index >= 15 is 0 Å². The van der Waals surface area contributed by atoms with Gasteiger partial charge in [-0.1, -0.05) is 23.8 Å². The minimum absolute atomic E-state index is 0.239. The maximum absolute atomic E-state index is 6.10. The summed E-state index contributed by atoms with van der Waals surface area (Å²) in [5.41, 5.74) is 3.32. The first-order chi connectivity index (χ1) is 9.96. The van der Waals surface area contributed by atoms with Crippen LogP contribution in [-0.4, -0.2) is 26.1 Å². The van der Waals surface area contributed by atoms with E-state index in [2.05, 4.69) is 39.0 Å². The molecule has 0 amide bonds. The van der Waals surface area contributed by atoms with Crippen molar-refractivity contribution in [2.45, 2.75) is 59.9 Å². The van der Waals surface area contributed by atoms with Crippen LogP contribution in [0.4, 0.5) is 0 Å². The summed E-state index contributed by atoms with van der Waals surface area (Å²) in [6.07, 6.45) is 0.448. The fourth-order valence-corrected chi connectivity index (χ4v) is 2.83. The van der Waals surface area contributed by atoms with E-state index in [1.165, 1.54) is 16.7 Å². The van der Waals surface area contributed by atoms with Gasteiger partial charge in [0.15, 0.2) is 6.29 Å². The van der Waals surface area contributed by atoms with Crippen molar-refractivity contribution < 1.29 is 14.2 Å². The van der Waals surface area contributed by atoms with Crippen LogP contribution in [0.3, 0.4) is 0 Å². The summed E-state index contributed by atoms with van der Waals surface area (Å²) in [4.78, 5) is 0. The van der Waals surface area contributed by atoms with Crippen LogP contribution in [0.2, 0.25) is 0 Å². The van der Waals surface area contributed by atoms with E-state index < -0.39 is 5.60 Å². The summed E-state index contributed by atoms with van der Waals surface area (Å²) in [5, 5.41) is 0. The molecule has 0 aliphatic carbocycles. The molecule has 0 heterocycles. The third-order valence-electron chi connectivity index (χ3n) is 3.68. The van der Waals surface area contributed by atoms with E-state index in [-0.39, 0.29) is 6.29 Å². The molecule has 0 saturated carbocycles. The molecule has 1 aromatic rings. The lowest BCUT2D eigenvalue weighted by atomic mass is 9.87. The van der Waals surface area contributed by atoms with Gasteiger partial charge in [-0.15, -0.1) is 0 Å². The molecule has 1 atom stereocenters. The van der Waals surface area contributed by atoms with E-state index in [0.29, 0.717) is 26.2 Å². The van der Waals surface area contributed by atoms with Gasteiger partial charge in [-0.25, -0.2) is 0 Å². The van der Waals surface area contributed by atoms with Gasteiger partial charge in [0, 0.05) is 26.2 Å². The molecule has 1 aromatic carbocycles. The highest BCUT2D eigenvalue weighted by Crippen LogP contribution is 2.34. The highest BCUT2D eigenvalue weighted by molar-refractivity contribution is 5.34. The fraction of sp³-hybridized carbons (Fsp3) is 0.667. The number of ether oxygens (including phenoxy) is 3. The van der Waals surface area contributed by atoms with E-state index in [9.17, 15) is 0 Å². The number of rotatable bonds is 9. The zero-order valence-electron chi connectivity index (χ0n) is 14.4. The first-order valence-corrected chi connectivity index (χ1v) is 7.91.